The van der Waals surface area contributed by atoms with Crippen molar-refractivity contribution < 1.29 is 28.5 Å². The molecule has 38 heavy (non-hydrogen) atoms. The summed E-state index contributed by atoms with van der Waals surface area (Å²) < 4.78 is 34.2. The molecule has 0 spiro atoms. The summed E-state index contributed by atoms with van der Waals surface area (Å²) in [6, 6.07) is 1.57. The second kappa shape index (κ2) is 14.7. The number of nitrogens with one attached hydrogen (secondary N) is 2. The van der Waals surface area contributed by atoms with E-state index in [1.807, 2.05) is 0 Å². The van der Waals surface area contributed by atoms with Crippen LogP contribution in [0.15, 0.2) is 12.1 Å². The molecule has 10 heteroatoms. The Hall–Kier alpha value is -1.52. The number of benzene rings is 1. The molecule has 1 aliphatic carbocycles. The number of rotatable bonds is 12. The molecule has 2 aliphatic rings. The third-order valence-electron chi connectivity index (χ3n) is 8.32. The molecule has 1 aromatic rings. The van der Waals surface area contributed by atoms with Crippen molar-refractivity contribution in [3.05, 3.63) is 34.4 Å². The van der Waals surface area contributed by atoms with Crippen molar-refractivity contribution in [2.45, 2.75) is 82.0 Å². The number of nitrogens with zero attached hydrogens (tertiary/aromatic N) is 1. The number of aliphatic hydroxyl groups is 2. The molecule has 1 saturated carbocycles. The molecule has 0 radical (unpaired) electrons. The van der Waals surface area contributed by atoms with E-state index in [9.17, 15) is 19.4 Å². The number of carbonyl (C=O) groups excluding carboxylic acids is 1. The van der Waals surface area contributed by atoms with Crippen molar-refractivity contribution in [2.75, 3.05) is 40.4 Å². The minimum absolute atomic E-state index is 0.0469. The van der Waals surface area contributed by atoms with Gasteiger partial charge in [0.2, 0.25) is 0 Å². The fraction of sp³-hybridized carbons (Fsp3) is 0.750. The average molecular weight is 560 g/mol. The number of ether oxygens (including phenoxy) is 1. The number of unbranched alkanes of at least 4 members (excludes halogenated alkanes) is 1. The Morgan fingerprint density at radius 2 is 1.95 bits per heavy atom. The standard InChI is InChI=1S/C28H44ClF2N3O4/c1-32-17-23(26(35)19-9-4-3-5-10-19)33-27(36)34-15-8-11-20(18-34)28(37,14-6-7-16-38-2)21-12-13-22(30)24(29)25(21)31/h12-13,19-20,23,26,32,35,37H,3-11,14-18H2,1-2H3,(H,33,36)/t20-,23-,26-,28+/m1/s1. The van der Waals surface area contributed by atoms with Crippen LogP contribution in [0.4, 0.5) is 13.6 Å². The van der Waals surface area contributed by atoms with E-state index in [1.165, 1.54) is 12.5 Å². The summed E-state index contributed by atoms with van der Waals surface area (Å²) in [6.45, 7) is 1.62. The van der Waals surface area contributed by atoms with E-state index in [0.717, 1.165) is 31.7 Å². The van der Waals surface area contributed by atoms with Gasteiger partial charge in [0.25, 0.3) is 0 Å². The Morgan fingerprint density at radius 3 is 2.63 bits per heavy atom. The highest BCUT2D eigenvalue weighted by atomic mass is 35.5. The normalized spacial score (nSPS) is 22.1. The van der Waals surface area contributed by atoms with Gasteiger partial charge in [-0.05, 0) is 64.0 Å². The number of hydrogen-bond donors (Lipinski definition) is 4. The number of methoxy groups -OCH3 is 1. The predicted octanol–water partition coefficient (Wildman–Crippen LogP) is 4.57. The highest BCUT2D eigenvalue weighted by Crippen LogP contribution is 2.42. The summed E-state index contributed by atoms with van der Waals surface area (Å²) >= 11 is 5.89. The number of piperidine rings is 1. The molecular formula is C28H44ClF2N3O4. The molecule has 2 amide bonds. The van der Waals surface area contributed by atoms with Crippen LogP contribution in [-0.2, 0) is 10.3 Å². The maximum atomic E-state index is 15.2. The van der Waals surface area contributed by atoms with Crippen molar-refractivity contribution >= 4 is 17.6 Å². The van der Waals surface area contributed by atoms with E-state index in [2.05, 4.69) is 10.6 Å². The van der Waals surface area contributed by atoms with Gasteiger partial charge < -0.3 is 30.5 Å². The molecule has 1 heterocycles. The first-order valence-electron chi connectivity index (χ1n) is 14.0. The van der Waals surface area contributed by atoms with Crippen LogP contribution in [0.2, 0.25) is 5.02 Å². The molecule has 3 rings (SSSR count). The van der Waals surface area contributed by atoms with Gasteiger partial charge >= 0.3 is 6.03 Å². The highest BCUT2D eigenvalue weighted by Gasteiger charge is 2.43. The van der Waals surface area contributed by atoms with E-state index in [1.54, 1.807) is 19.1 Å². The second-order valence-corrected chi connectivity index (χ2v) is 11.3. The van der Waals surface area contributed by atoms with E-state index in [-0.39, 0.29) is 30.5 Å². The number of amides is 2. The predicted molar refractivity (Wildman–Crippen MR) is 144 cm³/mol. The first kappa shape index (κ1) is 31.0. The maximum Gasteiger partial charge on any atom is 0.317 e. The van der Waals surface area contributed by atoms with Crippen LogP contribution in [0.1, 0.15) is 69.8 Å². The molecule has 0 bridgehead atoms. The quantitative estimate of drug-likeness (QED) is 0.222. The van der Waals surface area contributed by atoms with E-state index in [0.29, 0.717) is 45.4 Å². The smallest absolute Gasteiger partial charge is 0.317 e. The Morgan fingerprint density at radius 1 is 1.21 bits per heavy atom. The van der Waals surface area contributed by atoms with Crippen molar-refractivity contribution in [2.24, 2.45) is 11.8 Å². The third-order valence-corrected chi connectivity index (χ3v) is 8.67. The van der Waals surface area contributed by atoms with Crippen molar-refractivity contribution in [1.82, 2.24) is 15.5 Å². The summed E-state index contributed by atoms with van der Waals surface area (Å²) in [5.74, 6) is -2.18. The summed E-state index contributed by atoms with van der Waals surface area (Å²) in [5.41, 5.74) is -1.69. The maximum absolute atomic E-state index is 15.2. The van der Waals surface area contributed by atoms with Crippen molar-refractivity contribution in [3.8, 4) is 0 Å². The molecule has 1 saturated heterocycles. The molecule has 0 unspecified atom stereocenters. The van der Waals surface area contributed by atoms with Crippen LogP contribution in [0.5, 0.6) is 0 Å². The number of carbonyl (C=O) groups is 1. The molecule has 1 aromatic carbocycles. The number of aliphatic hydroxyl groups excluding tert-OH is 1. The number of likely N-dealkylation sites (tertiary alicyclic amines) is 1. The van der Waals surface area contributed by atoms with Crippen molar-refractivity contribution in [1.29, 1.82) is 0 Å². The molecule has 4 N–H and O–H groups in total. The number of urea groups is 1. The fourth-order valence-electron chi connectivity index (χ4n) is 6.14. The highest BCUT2D eigenvalue weighted by molar-refractivity contribution is 6.31. The van der Waals surface area contributed by atoms with E-state index < -0.39 is 40.3 Å². The molecule has 216 valence electrons. The Kier molecular flexibility index (Phi) is 12.0. The molecule has 4 atom stereocenters. The van der Waals surface area contributed by atoms with Gasteiger partial charge in [-0.2, -0.15) is 0 Å². The first-order chi connectivity index (χ1) is 18.2. The molecule has 1 aliphatic heterocycles. The van der Waals surface area contributed by atoms with Crippen LogP contribution < -0.4 is 10.6 Å². The zero-order valence-electron chi connectivity index (χ0n) is 22.7. The van der Waals surface area contributed by atoms with Crippen LogP contribution in [0.3, 0.4) is 0 Å². The van der Waals surface area contributed by atoms with E-state index in [4.69, 9.17) is 16.3 Å². The van der Waals surface area contributed by atoms with Crippen LogP contribution in [0, 0.1) is 23.5 Å². The lowest BCUT2D eigenvalue weighted by atomic mass is 9.74. The van der Waals surface area contributed by atoms with Gasteiger partial charge in [0, 0.05) is 44.8 Å². The third kappa shape index (κ3) is 7.56. The lowest BCUT2D eigenvalue weighted by Gasteiger charge is -2.43. The minimum atomic E-state index is -1.64. The van der Waals surface area contributed by atoms with Gasteiger partial charge in [0.15, 0.2) is 5.82 Å². The number of halogens is 3. The SMILES string of the molecule is CNC[C@@H](NC(=O)N1CCC[C@@H]([C@@](O)(CCCCOC)c2ccc(F)c(Cl)c2F)C1)[C@H](O)C1CCCCC1. The molecule has 0 aromatic heterocycles. The first-order valence-corrected chi connectivity index (χ1v) is 14.3. The average Bonchev–Trinajstić information content (AvgIpc) is 2.94. The molecule has 7 nitrogen and oxygen atoms in total. The zero-order valence-corrected chi connectivity index (χ0v) is 23.4. The second-order valence-electron chi connectivity index (χ2n) is 10.9. The van der Waals surface area contributed by atoms with Crippen molar-refractivity contribution in [3.63, 3.8) is 0 Å². The van der Waals surface area contributed by atoms with Gasteiger partial charge in [-0.3, -0.25) is 0 Å². The van der Waals surface area contributed by atoms with Crippen LogP contribution >= 0.6 is 11.6 Å². The van der Waals surface area contributed by atoms with Gasteiger partial charge in [0.1, 0.15) is 10.8 Å². The summed E-state index contributed by atoms with van der Waals surface area (Å²) in [6.07, 6.45) is 7.23. The largest absolute Gasteiger partial charge is 0.391 e. The number of hydrogen-bond acceptors (Lipinski definition) is 5. The van der Waals surface area contributed by atoms with E-state index >= 15 is 4.39 Å². The Bertz CT molecular complexity index is 905. The summed E-state index contributed by atoms with van der Waals surface area (Å²) in [5, 5.41) is 28.5. The Labute approximate surface area is 230 Å². The van der Waals surface area contributed by atoms with Crippen LogP contribution in [-0.4, -0.2) is 73.7 Å². The summed E-state index contributed by atoms with van der Waals surface area (Å²) in [7, 11) is 3.38. The molecular weight excluding hydrogens is 516 g/mol. The lowest BCUT2D eigenvalue weighted by molar-refractivity contribution is -0.0591. The topological polar surface area (TPSA) is 94.1 Å². The van der Waals surface area contributed by atoms with Gasteiger partial charge in [-0.1, -0.05) is 36.9 Å². The zero-order chi connectivity index (χ0) is 27.7. The van der Waals surface area contributed by atoms with Gasteiger partial charge in [0.05, 0.1) is 17.7 Å². The van der Waals surface area contributed by atoms with Crippen LogP contribution in [0.25, 0.3) is 0 Å². The fourth-order valence-corrected chi connectivity index (χ4v) is 6.31. The summed E-state index contributed by atoms with van der Waals surface area (Å²) in [4.78, 5) is 15.0. The van der Waals surface area contributed by atoms with Gasteiger partial charge in [-0.25, -0.2) is 13.6 Å². The molecule has 2 fully saturated rings. The minimum Gasteiger partial charge on any atom is -0.391 e. The monoisotopic (exact) mass is 559 g/mol. The Balaban J connectivity index is 1.77. The lowest BCUT2D eigenvalue weighted by Crippen LogP contribution is -2.57. The van der Waals surface area contributed by atoms with Gasteiger partial charge in [-0.15, -0.1) is 0 Å². The number of likely N-dealkylation sites (N-methyl/N-ethyl adjacent to an activating group) is 1.